The summed E-state index contributed by atoms with van der Waals surface area (Å²) in [5.41, 5.74) is 7.10. The number of nitrogens with two attached hydrogens (primary N) is 1. The van der Waals surface area contributed by atoms with Gasteiger partial charge in [-0.05, 0) is 84.9 Å². The molecule has 0 saturated heterocycles. The number of amides is 2. The van der Waals surface area contributed by atoms with Gasteiger partial charge in [-0.3, -0.25) is 0 Å². The fraction of sp³-hybridized carbons (Fsp3) is 0.381. The molecular formula is C21H25N3O2S. The Bertz CT molecular complexity index is 986. The minimum Gasteiger partial charge on any atom is -0.305 e. The van der Waals surface area contributed by atoms with E-state index in [1.165, 1.54) is 22.3 Å². The largest absolute Gasteiger partial charge is 0.354 e. The van der Waals surface area contributed by atoms with Gasteiger partial charge in [-0.1, -0.05) is 25.1 Å². The second-order valence-corrected chi connectivity index (χ2v) is 9.11. The molecule has 0 aromatic heterocycles. The van der Waals surface area contributed by atoms with Gasteiger partial charge in [-0.25, -0.2) is 14.1 Å². The van der Waals surface area contributed by atoms with Gasteiger partial charge in [0, 0.05) is 5.69 Å². The molecule has 4 rings (SSSR count). The molecule has 0 saturated carbocycles. The summed E-state index contributed by atoms with van der Waals surface area (Å²) in [6, 6.07) is 8.79. The summed E-state index contributed by atoms with van der Waals surface area (Å²) in [5.74, 6) is 0. The van der Waals surface area contributed by atoms with Crippen molar-refractivity contribution in [2.75, 3.05) is 5.32 Å². The first-order valence-corrected chi connectivity index (χ1v) is 11.2. The monoisotopic (exact) mass is 383 g/mol. The lowest BCUT2D eigenvalue weighted by atomic mass is 9.99. The molecule has 5 nitrogen and oxygen atoms in total. The van der Waals surface area contributed by atoms with Crippen LogP contribution in [0.3, 0.4) is 0 Å². The number of benzene rings is 2. The van der Waals surface area contributed by atoms with Gasteiger partial charge >= 0.3 is 6.03 Å². The second-order valence-electron chi connectivity index (χ2n) is 7.32. The third kappa shape index (κ3) is 3.51. The maximum absolute atomic E-state index is 12.8. The molecular weight excluding hydrogens is 358 g/mol. The maximum atomic E-state index is 12.8. The van der Waals surface area contributed by atoms with Crippen molar-refractivity contribution in [2.24, 2.45) is 9.50 Å². The van der Waals surface area contributed by atoms with Crippen LogP contribution in [-0.2, 0) is 42.0 Å². The van der Waals surface area contributed by atoms with E-state index in [0.717, 1.165) is 56.2 Å². The van der Waals surface area contributed by atoms with Crippen LogP contribution >= 0.6 is 0 Å². The van der Waals surface area contributed by atoms with E-state index in [-0.39, 0.29) is 0 Å². The molecule has 142 valence electrons. The van der Waals surface area contributed by atoms with E-state index in [2.05, 4.69) is 15.7 Å². The van der Waals surface area contributed by atoms with Crippen molar-refractivity contribution in [2.45, 2.75) is 56.8 Å². The smallest absolute Gasteiger partial charge is 0.305 e. The van der Waals surface area contributed by atoms with Gasteiger partial charge in [-0.15, -0.1) is 4.36 Å². The maximum Gasteiger partial charge on any atom is 0.354 e. The zero-order valence-electron chi connectivity index (χ0n) is 15.6. The normalized spacial score (nSPS) is 17.1. The van der Waals surface area contributed by atoms with Crippen LogP contribution in [0.15, 0.2) is 39.6 Å². The van der Waals surface area contributed by atoms with E-state index in [9.17, 15) is 9.00 Å². The number of rotatable bonds is 3. The van der Waals surface area contributed by atoms with Crippen molar-refractivity contribution in [1.29, 1.82) is 0 Å². The molecule has 0 radical (unpaired) electrons. The quantitative estimate of drug-likeness (QED) is 0.834. The molecule has 1 atom stereocenters. The van der Waals surface area contributed by atoms with E-state index in [1.807, 2.05) is 19.1 Å². The van der Waals surface area contributed by atoms with Crippen molar-refractivity contribution >= 4 is 21.6 Å². The molecule has 2 aliphatic rings. The summed E-state index contributed by atoms with van der Waals surface area (Å²) in [7, 11) is -3.27. The van der Waals surface area contributed by atoms with E-state index in [0.29, 0.717) is 4.90 Å². The fourth-order valence-corrected chi connectivity index (χ4v) is 5.12. The van der Waals surface area contributed by atoms with Crippen LogP contribution in [0.1, 0.15) is 47.6 Å². The third-order valence-electron chi connectivity index (χ3n) is 5.59. The summed E-state index contributed by atoms with van der Waals surface area (Å²) in [6.07, 6.45) is 7.14. The van der Waals surface area contributed by atoms with Gasteiger partial charge in [-0.2, -0.15) is 0 Å². The first-order valence-electron chi connectivity index (χ1n) is 9.59. The molecule has 2 aromatic carbocycles. The van der Waals surface area contributed by atoms with Crippen molar-refractivity contribution in [3.63, 3.8) is 0 Å². The average molecular weight is 384 g/mol. The topological polar surface area (TPSA) is 84.6 Å². The van der Waals surface area contributed by atoms with Crippen molar-refractivity contribution < 1.29 is 9.00 Å². The summed E-state index contributed by atoms with van der Waals surface area (Å²) >= 11 is 0. The van der Waals surface area contributed by atoms with Gasteiger partial charge in [0.1, 0.15) is 9.92 Å². The van der Waals surface area contributed by atoms with Gasteiger partial charge in [0.2, 0.25) is 0 Å². The Kier molecular flexibility index (Phi) is 4.78. The Morgan fingerprint density at radius 3 is 2.22 bits per heavy atom. The number of carbonyl (C=O) groups excluding carboxylic acids is 1. The van der Waals surface area contributed by atoms with Gasteiger partial charge in [0.25, 0.3) is 0 Å². The number of hydrogen-bond acceptors (Lipinski definition) is 2. The van der Waals surface area contributed by atoms with Crippen molar-refractivity contribution in [3.8, 4) is 0 Å². The van der Waals surface area contributed by atoms with Crippen LogP contribution in [0.4, 0.5) is 10.5 Å². The first-order chi connectivity index (χ1) is 13.0. The Labute approximate surface area is 160 Å². The number of nitrogens with one attached hydrogen (secondary N) is 1. The Hall–Kier alpha value is -2.18. The fourth-order valence-electron chi connectivity index (χ4n) is 4.19. The van der Waals surface area contributed by atoms with Crippen LogP contribution in [0.25, 0.3) is 0 Å². The Balaban J connectivity index is 1.65. The van der Waals surface area contributed by atoms with Crippen molar-refractivity contribution in [3.05, 3.63) is 58.1 Å². The summed E-state index contributed by atoms with van der Waals surface area (Å²) < 4.78 is 16.6. The molecule has 0 aliphatic heterocycles. The molecule has 2 aromatic rings. The molecule has 6 heteroatoms. The molecule has 27 heavy (non-hydrogen) atoms. The molecule has 2 amide bonds. The molecule has 0 fully saturated rings. The number of aryl methyl sites for hydroxylation is 3. The summed E-state index contributed by atoms with van der Waals surface area (Å²) in [4.78, 5) is 13.0. The highest BCUT2D eigenvalue weighted by molar-refractivity contribution is 7.91. The summed E-state index contributed by atoms with van der Waals surface area (Å²) in [5, 5.41) is 8.84. The van der Waals surface area contributed by atoms with Gasteiger partial charge < -0.3 is 5.32 Å². The minimum absolute atomic E-state index is 0.373. The van der Waals surface area contributed by atoms with Crippen LogP contribution < -0.4 is 10.5 Å². The SMILES string of the molecule is CCc1ccc(S(N)(=O)=NC(=O)Nc2c3c(cc4c2CCC4)CCC3)cc1. The predicted molar refractivity (Wildman–Crippen MR) is 108 cm³/mol. The van der Waals surface area contributed by atoms with Gasteiger partial charge in [0.15, 0.2) is 0 Å². The minimum atomic E-state index is -3.27. The van der Waals surface area contributed by atoms with Gasteiger partial charge in [0.05, 0.1) is 4.90 Å². The number of anilines is 1. The summed E-state index contributed by atoms with van der Waals surface area (Å²) in [6.45, 7) is 2.04. The van der Waals surface area contributed by atoms with E-state index >= 15 is 0 Å². The molecule has 3 N–H and O–H groups in total. The molecule has 2 aliphatic carbocycles. The third-order valence-corrected chi connectivity index (χ3v) is 6.98. The average Bonchev–Trinajstić information content (AvgIpc) is 3.30. The predicted octanol–water partition coefficient (Wildman–Crippen LogP) is 4.16. The number of fused-ring (bicyclic) bond motifs is 2. The molecule has 0 spiro atoms. The first kappa shape index (κ1) is 18.2. The zero-order chi connectivity index (χ0) is 19.0. The zero-order valence-corrected chi connectivity index (χ0v) is 16.4. The number of hydrogen-bond donors (Lipinski definition) is 2. The van der Waals surface area contributed by atoms with Crippen molar-refractivity contribution in [1.82, 2.24) is 0 Å². The lowest BCUT2D eigenvalue weighted by Gasteiger charge is -2.15. The van der Waals surface area contributed by atoms with Crippen LogP contribution in [-0.4, -0.2) is 10.2 Å². The second kappa shape index (κ2) is 7.09. The van der Waals surface area contributed by atoms with Crippen LogP contribution in [0.2, 0.25) is 0 Å². The lowest BCUT2D eigenvalue weighted by molar-refractivity contribution is 0.260. The molecule has 0 heterocycles. The standard InChI is InChI=1S/C21H25N3O2S/c1-2-14-9-11-17(12-10-14)27(22,26)24-21(25)23-20-18-7-3-5-15(18)13-16-6-4-8-19(16)20/h9-13H,2-8H2,1H3,(H3,22,23,24,25,26). The highest BCUT2D eigenvalue weighted by Gasteiger charge is 2.25. The Morgan fingerprint density at radius 1 is 1.07 bits per heavy atom. The molecule has 1 unspecified atom stereocenters. The highest BCUT2D eigenvalue weighted by Crippen LogP contribution is 2.38. The highest BCUT2D eigenvalue weighted by atomic mass is 32.2. The number of nitrogens with zero attached hydrogens (tertiary/aromatic N) is 1. The van der Waals surface area contributed by atoms with Crippen LogP contribution in [0, 0.1) is 0 Å². The molecule has 0 bridgehead atoms. The van der Waals surface area contributed by atoms with E-state index in [1.54, 1.807) is 12.1 Å². The Morgan fingerprint density at radius 2 is 1.67 bits per heavy atom. The van der Waals surface area contributed by atoms with Crippen LogP contribution in [0.5, 0.6) is 0 Å². The van der Waals surface area contributed by atoms with E-state index in [4.69, 9.17) is 5.14 Å². The number of urea groups is 1. The lowest BCUT2D eigenvalue weighted by Crippen LogP contribution is -2.19. The number of carbonyl (C=O) groups is 1. The van der Waals surface area contributed by atoms with E-state index < -0.39 is 15.9 Å².